The van der Waals surface area contributed by atoms with Crippen molar-refractivity contribution >= 4 is 5.97 Å². The Kier molecular flexibility index (Phi) is 18.5. The fourth-order valence-corrected chi connectivity index (χ4v) is 10.3. The average Bonchev–Trinajstić information content (AvgIpc) is 3.33. The highest BCUT2D eigenvalue weighted by atomic mass is 16.8. The van der Waals surface area contributed by atoms with Gasteiger partial charge < -0.3 is 57.2 Å². The number of hydrogen-bond donors (Lipinski definition) is 1. The Morgan fingerprint density at radius 3 is 1.45 bits per heavy atom. The number of aliphatic hydroxyl groups is 1. The summed E-state index contributed by atoms with van der Waals surface area (Å²) in [5, 5.41) is 11.3. The normalized spacial score (nSPS) is 39.1. The lowest BCUT2D eigenvalue weighted by molar-refractivity contribution is -0.367. The van der Waals surface area contributed by atoms with Crippen molar-refractivity contribution in [3.8, 4) is 0 Å². The molecule has 3 aromatic rings. The molecule has 3 aromatic carbocycles. The maximum absolute atomic E-state index is 12.3. The highest BCUT2D eigenvalue weighted by Gasteiger charge is 2.53. The molecule has 0 aromatic heterocycles. The van der Waals surface area contributed by atoms with Crippen LogP contribution in [-0.4, -0.2) is 119 Å². The van der Waals surface area contributed by atoms with Gasteiger partial charge in [0.15, 0.2) is 25.2 Å². The third kappa shape index (κ3) is 12.5. The summed E-state index contributed by atoms with van der Waals surface area (Å²) in [7, 11) is 3.37. The van der Waals surface area contributed by atoms with E-state index in [1.807, 2.05) is 92.7 Å². The molecular weight excluding hydrogens is 857 g/mol. The van der Waals surface area contributed by atoms with Gasteiger partial charge in [-0.2, -0.15) is 0 Å². The molecule has 8 unspecified atom stereocenters. The zero-order valence-electron chi connectivity index (χ0n) is 41.1. The van der Waals surface area contributed by atoms with Gasteiger partial charge in [0.25, 0.3) is 0 Å². The summed E-state index contributed by atoms with van der Waals surface area (Å²) in [6.45, 7) is 16.7. The maximum atomic E-state index is 12.3. The van der Waals surface area contributed by atoms with Gasteiger partial charge in [-0.05, 0) is 34.4 Å². The smallest absolute Gasteiger partial charge is 0.302 e. The minimum absolute atomic E-state index is 0.0342. The summed E-state index contributed by atoms with van der Waals surface area (Å²) in [5.41, 5.74) is 3.22. The van der Waals surface area contributed by atoms with E-state index in [2.05, 4.69) is 46.8 Å². The lowest BCUT2D eigenvalue weighted by Crippen LogP contribution is -2.62. The molecule has 4 aliphatic rings. The first kappa shape index (κ1) is 51.5. The van der Waals surface area contributed by atoms with Crippen LogP contribution in [-0.2, 0) is 76.3 Å². The maximum Gasteiger partial charge on any atom is 0.302 e. The molecule has 4 fully saturated rings. The van der Waals surface area contributed by atoms with Crippen molar-refractivity contribution in [1.82, 2.24) is 0 Å². The van der Waals surface area contributed by atoms with Gasteiger partial charge in [0.1, 0.15) is 24.9 Å². The number of esters is 1. The largest absolute Gasteiger partial charge is 0.463 e. The molecule has 4 aliphatic heterocycles. The highest BCUT2D eigenvalue weighted by Crippen LogP contribution is 2.43. The Labute approximate surface area is 398 Å². The first-order valence-corrected chi connectivity index (χ1v) is 24.4. The summed E-state index contributed by atoms with van der Waals surface area (Å²) >= 11 is 0. The molecule has 0 amide bonds. The summed E-state index contributed by atoms with van der Waals surface area (Å²) in [5.74, 6) is -1.19. The Hall–Kier alpha value is -3.31. The minimum Gasteiger partial charge on any atom is -0.463 e. The number of aliphatic hydroxyl groups excluding tert-OH is 1. The minimum atomic E-state index is -0.745. The van der Waals surface area contributed by atoms with Crippen LogP contribution in [0.3, 0.4) is 0 Å². The molecule has 0 radical (unpaired) electrons. The second-order valence-electron chi connectivity index (χ2n) is 19.6. The fraction of sp³-hybridized carbons (Fsp3) is 0.648. The van der Waals surface area contributed by atoms with Gasteiger partial charge in [0, 0.05) is 57.7 Å². The van der Waals surface area contributed by atoms with E-state index in [9.17, 15) is 9.90 Å². The number of carbonyl (C=O) groups excluding carboxylic acids is 1. The zero-order valence-corrected chi connectivity index (χ0v) is 41.1. The van der Waals surface area contributed by atoms with E-state index in [4.69, 9.17) is 52.1 Å². The highest BCUT2D eigenvalue weighted by molar-refractivity contribution is 5.65. The quantitative estimate of drug-likeness (QED) is 0.124. The molecular formula is C54H76O13. The topological polar surface area (TPSA) is 139 Å². The molecule has 370 valence electrons. The number of ether oxygens (including phenoxy) is 11. The van der Waals surface area contributed by atoms with Gasteiger partial charge in [-0.3, -0.25) is 4.79 Å². The molecule has 67 heavy (non-hydrogen) atoms. The van der Waals surface area contributed by atoms with E-state index >= 15 is 0 Å². The van der Waals surface area contributed by atoms with Crippen molar-refractivity contribution in [2.75, 3.05) is 27.4 Å². The van der Waals surface area contributed by atoms with Crippen molar-refractivity contribution in [2.45, 2.75) is 155 Å². The lowest BCUT2D eigenvalue weighted by atomic mass is 9.81. The van der Waals surface area contributed by atoms with Gasteiger partial charge in [0.05, 0.1) is 49.8 Å². The van der Waals surface area contributed by atoms with Crippen LogP contribution in [0.5, 0.6) is 0 Å². The molecule has 7 rings (SSSR count). The van der Waals surface area contributed by atoms with E-state index in [1.165, 1.54) is 6.92 Å². The SMILES string of the molecule is COC1C(C)[C@H](O[C@@H]2C(COCc3ccccc3)O[C@H](OC)C(C)[C@H]2C)O[C@@H](Cc2ccccc2)[C@H]1O[C@H]1O[C@@H](COC(C)=O)[C@@H](O[C@@H]2OC(Cc3ccccc3)[C@@H](O)[C@H](C)C2C)C(C)C1C. The summed E-state index contributed by atoms with van der Waals surface area (Å²) in [6.07, 6.45) is -6.14. The lowest BCUT2D eigenvalue weighted by Gasteiger charge is -2.51. The van der Waals surface area contributed by atoms with Crippen LogP contribution in [0.1, 0.15) is 72.1 Å². The molecule has 1 N–H and O–H groups in total. The average molecular weight is 933 g/mol. The predicted octanol–water partition coefficient (Wildman–Crippen LogP) is 7.78. The second kappa shape index (κ2) is 24.0. The molecule has 0 spiro atoms. The monoisotopic (exact) mass is 933 g/mol. The Bertz CT molecular complexity index is 1920. The van der Waals surface area contributed by atoms with Crippen LogP contribution in [0.2, 0.25) is 0 Å². The van der Waals surface area contributed by atoms with Crippen LogP contribution < -0.4 is 0 Å². The van der Waals surface area contributed by atoms with Crippen molar-refractivity contribution < 1.29 is 62.0 Å². The van der Waals surface area contributed by atoms with Crippen LogP contribution >= 0.6 is 0 Å². The summed E-state index contributed by atoms with van der Waals surface area (Å²) < 4.78 is 72.4. The molecule has 0 saturated carbocycles. The molecule has 13 heteroatoms. The second-order valence-corrected chi connectivity index (χ2v) is 19.6. The third-order valence-electron chi connectivity index (χ3n) is 15.1. The first-order valence-electron chi connectivity index (χ1n) is 24.4. The summed E-state index contributed by atoms with van der Waals surface area (Å²) in [6, 6.07) is 30.3. The molecule has 13 nitrogen and oxygen atoms in total. The number of methoxy groups -OCH3 is 2. The van der Waals surface area contributed by atoms with E-state index in [0.29, 0.717) is 26.1 Å². The van der Waals surface area contributed by atoms with Gasteiger partial charge in [-0.15, -0.1) is 0 Å². The molecule has 0 bridgehead atoms. The zero-order chi connectivity index (χ0) is 47.8. The van der Waals surface area contributed by atoms with E-state index in [-0.39, 0.29) is 54.1 Å². The number of carbonyl (C=O) groups is 1. The van der Waals surface area contributed by atoms with Crippen LogP contribution in [0, 0.1) is 41.4 Å². The van der Waals surface area contributed by atoms with Gasteiger partial charge >= 0.3 is 5.97 Å². The molecule has 4 saturated heterocycles. The van der Waals surface area contributed by atoms with Gasteiger partial charge in [0.2, 0.25) is 0 Å². The standard InChI is InChI=1S/C54H76O13/c1-31-34(4)52(61-42(46(31)56)26-39-20-14-11-15-21-39)65-48-33(3)36(6)53(64-45(48)30-60-38(8)55)67-50-43(27-40-22-16-12-17-23-40)62-54(37(7)49(50)57-9)66-47-32(2)35(5)51(58-10)63-44(47)29-59-28-41-24-18-13-19-25-41/h11-25,31-37,42-54,56H,26-30H2,1-10H3/t31-,32-,33?,34?,35?,36?,37?,42?,43+,44?,45+,46+,47+,48+,49?,50-,51+,52+,53-,54+/m1/s1. The Morgan fingerprint density at radius 1 is 0.478 bits per heavy atom. The van der Waals surface area contributed by atoms with Crippen molar-refractivity contribution in [3.05, 3.63) is 108 Å². The van der Waals surface area contributed by atoms with E-state index in [0.717, 1.165) is 16.7 Å². The molecule has 0 aliphatic carbocycles. The Morgan fingerprint density at radius 2 is 0.910 bits per heavy atom. The van der Waals surface area contributed by atoms with Crippen LogP contribution in [0.15, 0.2) is 91.0 Å². The third-order valence-corrected chi connectivity index (χ3v) is 15.1. The van der Waals surface area contributed by atoms with Gasteiger partial charge in [-0.25, -0.2) is 0 Å². The number of hydrogen-bond acceptors (Lipinski definition) is 13. The van der Waals surface area contributed by atoms with Crippen molar-refractivity contribution in [3.63, 3.8) is 0 Å². The molecule has 4 heterocycles. The van der Waals surface area contributed by atoms with E-state index in [1.54, 1.807) is 14.2 Å². The van der Waals surface area contributed by atoms with Crippen molar-refractivity contribution in [1.29, 1.82) is 0 Å². The van der Waals surface area contributed by atoms with Gasteiger partial charge in [-0.1, -0.05) is 139 Å². The molecule has 20 atom stereocenters. The number of benzene rings is 3. The number of rotatable bonds is 18. The predicted molar refractivity (Wildman–Crippen MR) is 250 cm³/mol. The Balaban J connectivity index is 1.10. The van der Waals surface area contributed by atoms with Crippen LogP contribution in [0.25, 0.3) is 0 Å². The van der Waals surface area contributed by atoms with Crippen LogP contribution in [0.4, 0.5) is 0 Å². The van der Waals surface area contributed by atoms with Crippen molar-refractivity contribution in [2.24, 2.45) is 41.4 Å². The fourth-order valence-electron chi connectivity index (χ4n) is 10.3. The first-order chi connectivity index (χ1) is 32.3. The van der Waals surface area contributed by atoms with E-state index < -0.39 is 80.0 Å². The summed E-state index contributed by atoms with van der Waals surface area (Å²) in [4.78, 5) is 12.3.